The van der Waals surface area contributed by atoms with E-state index in [0.717, 1.165) is 19.4 Å². The van der Waals surface area contributed by atoms with E-state index in [-0.39, 0.29) is 5.54 Å². The molecule has 1 spiro atoms. The monoisotopic (exact) mass is 307 g/mol. The molecule has 0 bridgehead atoms. The first kappa shape index (κ1) is 16.4. The first-order chi connectivity index (χ1) is 10.6. The molecule has 3 rings (SSSR count). The Morgan fingerprint density at radius 1 is 1.05 bits per heavy atom. The molecule has 2 heterocycles. The van der Waals surface area contributed by atoms with Crippen LogP contribution in [0, 0.1) is 0 Å². The van der Waals surface area contributed by atoms with Gasteiger partial charge in [0.15, 0.2) is 0 Å². The van der Waals surface area contributed by atoms with Crippen LogP contribution in [-0.2, 0) is 4.79 Å². The van der Waals surface area contributed by atoms with Crippen LogP contribution in [0.15, 0.2) is 0 Å². The molecule has 1 saturated carbocycles. The molecule has 4 heteroatoms. The summed E-state index contributed by atoms with van der Waals surface area (Å²) in [5.41, 5.74) is 0.283. The Kier molecular flexibility index (Phi) is 5.20. The van der Waals surface area contributed by atoms with Crippen LogP contribution < -0.4 is 0 Å². The lowest BCUT2D eigenvalue weighted by molar-refractivity contribution is -0.130. The smallest absolute Gasteiger partial charge is 0.136 e. The average molecular weight is 307 g/mol. The molecule has 2 saturated heterocycles. The van der Waals surface area contributed by atoms with Crippen LogP contribution in [0.1, 0.15) is 52.4 Å². The number of carbonyl (C=O) groups is 1. The van der Waals surface area contributed by atoms with Gasteiger partial charge in [-0.05, 0) is 52.6 Å². The van der Waals surface area contributed by atoms with Crippen LogP contribution in [0.25, 0.3) is 0 Å². The third-order valence-electron chi connectivity index (χ3n) is 6.18. The zero-order valence-corrected chi connectivity index (χ0v) is 14.5. The highest BCUT2D eigenvalue weighted by Gasteiger charge is 2.45. The van der Waals surface area contributed by atoms with E-state index in [1.54, 1.807) is 0 Å². The number of hydrogen-bond donors (Lipinski definition) is 0. The molecule has 0 N–H and O–H groups in total. The molecule has 1 aliphatic carbocycles. The van der Waals surface area contributed by atoms with Gasteiger partial charge in [-0.25, -0.2) is 0 Å². The Balaban J connectivity index is 1.39. The lowest BCUT2D eigenvalue weighted by atomic mass is 9.69. The van der Waals surface area contributed by atoms with E-state index < -0.39 is 0 Å². The van der Waals surface area contributed by atoms with Gasteiger partial charge in [-0.1, -0.05) is 0 Å². The summed E-state index contributed by atoms with van der Waals surface area (Å²) in [4.78, 5) is 19.6. The summed E-state index contributed by atoms with van der Waals surface area (Å²) in [6.07, 6.45) is 6.71. The van der Waals surface area contributed by atoms with Crippen molar-refractivity contribution in [1.82, 2.24) is 14.7 Å². The quantitative estimate of drug-likeness (QED) is 0.776. The molecule has 0 radical (unpaired) electrons. The van der Waals surface area contributed by atoms with Crippen molar-refractivity contribution < 1.29 is 4.79 Å². The van der Waals surface area contributed by atoms with Gasteiger partial charge in [-0.3, -0.25) is 14.6 Å². The standard InChI is InChI=1S/C18H33N3O/c1-16(2)20-13-11-19(12-14-20)8-4-9-21-10-5-17(22)15-18(21)6-3-7-18/h16H,3-15H2,1-2H3. The van der Waals surface area contributed by atoms with Gasteiger partial charge in [-0.2, -0.15) is 0 Å². The molecule has 22 heavy (non-hydrogen) atoms. The molecule has 0 aromatic rings. The Morgan fingerprint density at radius 2 is 1.77 bits per heavy atom. The lowest BCUT2D eigenvalue weighted by Crippen LogP contribution is -2.58. The number of hydrogen-bond acceptors (Lipinski definition) is 4. The largest absolute Gasteiger partial charge is 0.301 e. The second-order valence-electron chi connectivity index (χ2n) is 7.86. The number of carbonyl (C=O) groups excluding carboxylic acids is 1. The third-order valence-corrected chi connectivity index (χ3v) is 6.18. The molecule has 0 aromatic carbocycles. The van der Waals surface area contributed by atoms with Gasteiger partial charge in [-0.15, -0.1) is 0 Å². The number of nitrogens with zero attached hydrogens (tertiary/aromatic N) is 3. The fourth-order valence-electron chi connectivity index (χ4n) is 4.48. The minimum Gasteiger partial charge on any atom is -0.301 e. The molecule has 0 atom stereocenters. The second kappa shape index (κ2) is 6.98. The summed E-state index contributed by atoms with van der Waals surface area (Å²) >= 11 is 0. The fraction of sp³-hybridized carbons (Fsp3) is 0.944. The molecule has 126 valence electrons. The van der Waals surface area contributed by atoms with Crippen molar-refractivity contribution in [2.24, 2.45) is 0 Å². The molecular formula is C18H33N3O. The molecule has 0 amide bonds. The summed E-state index contributed by atoms with van der Waals surface area (Å²) < 4.78 is 0. The van der Waals surface area contributed by atoms with Gasteiger partial charge >= 0.3 is 0 Å². The maximum absolute atomic E-state index is 11.8. The van der Waals surface area contributed by atoms with Gasteiger partial charge in [0, 0.05) is 57.1 Å². The van der Waals surface area contributed by atoms with Crippen molar-refractivity contribution in [3.8, 4) is 0 Å². The fourth-order valence-corrected chi connectivity index (χ4v) is 4.48. The zero-order valence-electron chi connectivity index (χ0n) is 14.5. The van der Waals surface area contributed by atoms with Gasteiger partial charge in [0.25, 0.3) is 0 Å². The number of ketones is 1. The SMILES string of the molecule is CC(C)N1CCN(CCCN2CCC(=O)CC23CCC3)CC1. The Morgan fingerprint density at radius 3 is 2.36 bits per heavy atom. The molecule has 4 nitrogen and oxygen atoms in total. The Hall–Kier alpha value is -0.450. The van der Waals surface area contributed by atoms with Crippen molar-refractivity contribution in [2.45, 2.75) is 64.0 Å². The summed E-state index contributed by atoms with van der Waals surface area (Å²) in [5, 5.41) is 0. The first-order valence-corrected chi connectivity index (χ1v) is 9.32. The molecule has 3 aliphatic rings. The molecular weight excluding hydrogens is 274 g/mol. The van der Waals surface area contributed by atoms with E-state index in [2.05, 4.69) is 28.5 Å². The van der Waals surface area contributed by atoms with Crippen molar-refractivity contribution in [3.05, 3.63) is 0 Å². The number of piperazine rings is 1. The van der Waals surface area contributed by atoms with E-state index in [1.165, 1.54) is 65.0 Å². The average Bonchev–Trinajstić information content (AvgIpc) is 2.47. The Labute approximate surface area is 135 Å². The molecule has 2 aliphatic heterocycles. The van der Waals surface area contributed by atoms with Crippen molar-refractivity contribution in [2.75, 3.05) is 45.8 Å². The normalized spacial score (nSPS) is 27.5. The summed E-state index contributed by atoms with van der Waals surface area (Å²) in [6, 6.07) is 0.687. The summed E-state index contributed by atoms with van der Waals surface area (Å²) in [5.74, 6) is 0.501. The zero-order chi connectivity index (χ0) is 15.6. The van der Waals surface area contributed by atoms with Crippen LogP contribution in [0.4, 0.5) is 0 Å². The van der Waals surface area contributed by atoms with Crippen molar-refractivity contribution in [3.63, 3.8) is 0 Å². The molecule has 3 fully saturated rings. The number of piperidine rings is 1. The maximum atomic E-state index is 11.8. The highest BCUT2D eigenvalue weighted by Crippen LogP contribution is 2.43. The highest BCUT2D eigenvalue weighted by molar-refractivity contribution is 5.80. The van der Waals surface area contributed by atoms with Crippen LogP contribution in [0.3, 0.4) is 0 Å². The maximum Gasteiger partial charge on any atom is 0.136 e. The van der Waals surface area contributed by atoms with Gasteiger partial charge in [0.1, 0.15) is 5.78 Å². The lowest BCUT2D eigenvalue weighted by Gasteiger charge is -2.53. The Bertz CT molecular complexity index is 384. The molecule has 0 aromatic heterocycles. The molecule has 0 unspecified atom stereocenters. The first-order valence-electron chi connectivity index (χ1n) is 9.32. The minimum atomic E-state index is 0.283. The summed E-state index contributed by atoms with van der Waals surface area (Å²) in [7, 11) is 0. The van der Waals surface area contributed by atoms with Crippen molar-refractivity contribution in [1.29, 1.82) is 0 Å². The van der Waals surface area contributed by atoms with Crippen molar-refractivity contribution >= 4 is 5.78 Å². The van der Waals surface area contributed by atoms with Gasteiger partial charge in [0.05, 0.1) is 0 Å². The van der Waals surface area contributed by atoms with Gasteiger partial charge < -0.3 is 4.90 Å². The van der Waals surface area contributed by atoms with Crippen LogP contribution in [0.5, 0.6) is 0 Å². The number of rotatable bonds is 5. The van der Waals surface area contributed by atoms with E-state index in [1.807, 2.05) is 0 Å². The second-order valence-corrected chi connectivity index (χ2v) is 7.86. The van der Waals surface area contributed by atoms with E-state index in [4.69, 9.17) is 0 Å². The summed E-state index contributed by atoms with van der Waals surface area (Å²) in [6.45, 7) is 12.9. The highest BCUT2D eigenvalue weighted by atomic mass is 16.1. The van der Waals surface area contributed by atoms with Crippen LogP contribution >= 0.6 is 0 Å². The van der Waals surface area contributed by atoms with E-state index in [9.17, 15) is 4.79 Å². The van der Waals surface area contributed by atoms with Crippen LogP contribution in [0.2, 0.25) is 0 Å². The topological polar surface area (TPSA) is 26.8 Å². The minimum absolute atomic E-state index is 0.283. The van der Waals surface area contributed by atoms with E-state index >= 15 is 0 Å². The number of likely N-dealkylation sites (tertiary alicyclic amines) is 1. The predicted molar refractivity (Wildman–Crippen MR) is 90.2 cm³/mol. The third kappa shape index (κ3) is 3.55. The van der Waals surface area contributed by atoms with Gasteiger partial charge in [0.2, 0.25) is 0 Å². The number of Topliss-reactive ketones (excluding diaryl/α,β-unsaturated/α-hetero) is 1. The van der Waals surface area contributed by atoms with E-state index in [0.29, 0.717) is 11.8 Å². The van der Waals surface area contributed by atoms with Crippen LogP contribution in [-0.4, -0.2) is 77.9 Å². The predicted octanol–water partition coefficient (Wildman–Crippen LogP) is 1.99.